The fourth-order valence-electron chi connectivity index (χ4n) is 1.17. The van der Waals surface area contributed by atoms with Crippen molar-refractivity contribution < 1.29 is 15.3 Å². The first-order valence-electron chi connectivity index (χ1n) is 5.24. The minimum absolute atomic E-state index is 0.0523. The predicted molar refractivity (Wildman–Crippen MR) is 77.0 cm³/mol. The number of nitrogen functional groups attached to an aromatic ring is 1. The van der Waals surface area contributed by atoms with Crippen molar-refractivity contribution in [1.82, 2.24) is 0 Å². The van der Waals surface area contributed by atoms with Gasteiger partial charge in [-0.15, -0.1) is 0 Å². The zero-order valence-electron chi connectivity index (χ0n) is 10.1. The number of halogens is 2. The molecule has 2 rings (SSSR count). The maximum atomic E-state index is 8.95. The molecule has 0 aliphatic rings. The van der Waals surface area contributed by atoms with Crippen molar-refractivity contribution in [3.8, 4) is 17.2 Å². The highest BCUT2D eigenvalue weighted by molar-refractivity contribution is 6.39. The van der Waals surface area contributed by atoms with Crippen molar-refractivity contribution in [3.63, 3.8) is 0 Å². The Morgan fingerprint density at radius 1 is 0.895 bits per heavy atom. The first-order valence-corrected chi connectivity index (χ1v) is 6.00. The summed E-state index contributed by atoms with van der Waals surface area (Å²) < 4.78 is 0. The number of phenolic OH excluding ortho intramolecular Hbond substituents is 3. The van der Waals surface area contributed by atoms with Crippen LogP contribution < -0.4 is 5.73 Å². The molecule has 0 saturated carbocycles. The smallest absolute Gasteiger partial charge is 0.136 e. The molecule has 6 heteroatoms. The van der Waals surface area contributed by atoms with E-state index in [1.807, 2.05) is 0 Å². The van der Waals surface area contributed by atoms with Gasteiger partial charge in [-0.3, -0.25) is 0 Å². The van der Waals surface area contributed by atoms with Gasteiger partial charge in [0.05, 0.1) is 10.7 Å². The Kier molecular flexibility index (Phi) is 5.15. The lowest BCUT2D eigenvalue weighted by Crippen LogP contribution is -1.86. The van der Waals surface area contributed by atoms with E-state index in [2.05, 4.69) is 0 Å². The molecule has 0 radical (unpaired) electrons. The molecule has 0 aromatic heterocycles. The Balaban J connectivity index is 0.000000191. The van der Waals surface area contributed by atoms with Crippen molar-refractivity contribution in [2.45, 2.75) is 6.92 Å². The molecular formula is C13H13Cl2NO3. The largest absolute Gasteiger partial charge is 0.508 e. The normalized spacial score (nSPS) is 9.63. The summed E-state index contributed by atoms with van der Waals surface area (Å²) >= 11 is 11.1. The third kappa shape index (κ3) is 3.84. The first-order chi connectivity index (χ1) is 8.84. The van der Waals surface area contributed by atoms with Crippen LogP contribution in [-0.4, -0.2) is 15.3 Å². The Morgan fingerprint density at radius 3 is 1.84 bits per heavy atom. The van der Waals surface area contributed by atoms with E-state index in [0.717, 1.165) is 0 Å². The van der Waals surface area contributed by atoms with Crippen LogP contribution in [0.1, 0.15) is 5.56 Å². The topological polar surface area (TPSA) is 86.7 Å². The van der Waals surface area contributed by atoms with Gasteiger partial charge in [0.1, 0.15) is 22.3 Å². The highest BCUT2D eigenvalue weighted by Gasteiger charge is 2.04. The van der Waals surface area contributed by atoms with Gasteiger partial charge in [0.25, 0.3) is 0 Å². The van der Waals surface area contributed by atoms with Crippen LogP contribution in [0.2, 0.25) is 10.0 Å². The SMILES string of the molecule is Cc1c(O)cccc1O.Nc1c(Cl)ccc(O)c1Cl. The summed E-state index contributed by atoms with van der Waals surface area (Å²) in [6.45, 7) is 1.66. The molecule has 0 saturated heterocycles. The lowest BCUT2D eigenvalue weighted by Gasteiger charge is -2.01. The third-order valence-corrected chi connectivity index (χ3v) is 3.11. The number of anilines is 1. The minimum atomic E-state index is -0.0523. The van der Waals surface area contributed by atoms with Crippen LogP contribution in [0.3, 0.4) is 0 Å². The molecule has 0 aliphatic carbocycles. The molecule has 0 aliphatic heterocycles. The molecule has 0 unspecified atom stereocenters. The van der Waals surface area contributed by atoms with Crippen LogP contribution in [0.4, 0.5) is 5.69 Å². The summed E-state index contributed by atoms with van der Waals surface area (Å²) in [6, 6.07) is 7.54. The number of phenols is 3. The van der Waals surface area contributed by atoms with Gasteiger partial charge in [0.15, 0.2) is 0 Å². The molecule has 5 N–H and O–H groups in total. The molecule has 0 spiro atoms. The number of hydrogen-bond acceptors (Lipinski definition) is 4. The van der Waals surface area contributed by atoms with Gasteiger partial charge in [-0.2, -0.15) is 0 Å². The molecule has 2 aromatic carbocycles. The van der Waals surface area contributed by atoms with Gasteiger partial charge in [-0.05, 0) is 31.2 Å². The molecule has 102 valence electrons. The summed E-state index contributed by atoms with van der Waals surface area (Å²) in [7, 11) is 0. The van der Waals surface area contributed by atoms with Crippen LogP contribution in [0, 0.1) is 6.92 Å². The molecule has 0 atom stereocenters. The molecule has 0 bridgehead atoms. The third-order valence-electron chi connectivity index (χ3n) is 2.38. The summed E-state index contributed by atoms with van der Waals surface area (Å²) in [5.41, 5.74) is 6.10. The second kappa shape index (κ2) is 6.41. The maximum Gasteiger partial charge on any atom is 0.136 e. The molecular weight excluding hydrogens is 289 g/mol. The van der Waals surface area contributed by atoms with Crippen LogP contribution in [-0.2, 0) is 0 Å². The van der Waals surface area contributed by atoms with Crippen molar-refractivity contribution in [2.75, 3.05) is 5.73 Å². The second-order valence-electron chi connectivity index (χ2n) is 3.72. The first kappa shape index (κ1) is 15.3. The van der Waals surface area contributed by atoms with Crippen LogP contribution in [0.25, 0.3) is 0 Å². The zero-order valence-corrected chi connectivity index (χ0v) is 11.6. The summed E-state index contributed by atoms with van der Waals surface area (Å²) in [5.74, 6) is 0.216. The summed E-state index contributed by atoms with van der Waals surface area (Å²) in [6.07, 6.45) is 0. The Bertz CT molecular complexity index is 541. The van der Waals surface area contributed by atoms with Gasteiger partial charge < -0.3 is 21.1 Å². The number of nitrogens with two attached hydrogens (primary N) is 1. The van der Waals surface area contributed by atoms with Crippen LogP contribution in [0.5, 0.6) is 17.2 Å². The van der Waals surface area contributed by atoms with E-state index in [9.17, 15) is 0 Å². The van der Waals surface area contributed by atoms with E-state index in [4.69, 9.17) is 44.3 Å². The molecule has 4 nitrogen and oxygen atoms in total. The Labute approximate surface area is 120 Å². The van der Waals surface area contributed by atoms with Gasteiger partial charge in [0.2, 0.25) is 0 Å². The molecule has 2 aromatic rings. The second-order valence-corrected chi connectivity index (χ2v) is 4.50. The zero-order chi connectivity index (χ0) is 14.6. The van der Waals surface area contributed by atoms with E-state index >= 15 is 0 Å². The van der Waals surface area contributed by atoms with E-state index in [1.54, 1.807) is 13.0 Å². The predicted octanol–water partition coefficient (Wildman–Crippen LogP) is 3.69. The molecule has 19 heavy (non-hydrogen) atoms. The molecule has 0 fully saturated rings. The van der Waals surface area contributed by atoms with Crippen molar-refractivity contribution in [3.05, 3.63) is 45.9 Å². The van der Waals surface area contributed by atoms with Gasteiger partial charge in [-0.1, -0.05) is 29.3 Å². The molecule has 0 amide bonds. The van der Waals surface area contributed by atoms with E-state index in [-0.39, 0.29) is 28.0 Å². The Hall–Kier alpha value is -1.78. The number of benzene rings is 2. The average molecular weight is 302 g/mol. The lowest BCUT2D eigenvalue weighted by atomic mass is 10.2. The number of aromatic hydroxyl groups is 3. The van der Waals surface area contributed by atoms with E-state index in [0.29, 0.717) is 10.6 Å². The average Bonchev–Trinajstić information content (AvgIpc) is 2.39. The lowest BCUT2D eigenvalue weighted by molar-refractivity contribution is 0.443. The van der Waals surface area contributed by atoms with Crippen molar-refractivity contribution in [1.29, 1.82) is 0 Å². The highest BCUT2D eigenvalue weighted by Crippen LogP contribution is 2.34. The Morgan fingerprint density at radius 2 is 1.42 bits per heavy atom. The fraction of sp³-hybridized carbons (Fsp3) is 0.0769. The van der Waals surface area contributed by atoms with Gasteiger partial charge in [0, 0.05) is 5.56 Å². The fourth-order valence-corrected chi connectivity index (χ4v) is 1.54. The van der Waals surface area contributed by atoms with Crippen molar-refractivity contribution >= 4 is 28.9 Å². The summed E-state index contributed by atoms with van der Waals surface area (Å²) in [5, 5.41) is 27.3. The highest BCUT2D eigenvalue weighted by atomic mass is 35.5. The molecule has 0 heterocycles. The van der Waals surface area contributed by atoms with Gasteiger partial charge >= 0.3 is 0 Å². The maximum absolute atomic E-state index is 8.95. The van der Waals surface area contributed by atoms with Crippen LogP contribution in [0.15, 0.2) is 30.3 Å². The number of rotatable bonds is 0. The summed E-state index contributed by atoms with van der Waals surface area (Å²) in [4.78, 5) is 0. The van der Waals surface area contributed by atoms with Crippen LogP contribution >= 0.6 is 23.2 Å². The van der Waals surface area contributed by atoms with Gasteiger partial charge in [-0.25, -0.2) is 0 Å². The van der Waals surface area contributed by atoms with E-state index in [1.165, 1.54) is 24.3 Å². The van der Waals surface area contributed by atoms with Crippen molar-refractivity contribution in [2.24, 2.45) is 0 Å². The standard InChI is InChI=1S/C7H8O2.C6H5Cl2NO/c1-5-6(8)3-2-4-7(5)9;7-3-1-2-4(10)5(8)6(3)9/h2-4,8-9H,1H3;1-2,10H,9H2. The number of hydrogen-bond donors (Lipinski definition) is 4. The van der Waals surface area contributed by atoms with E-state index < -0.39 is 0 Å². The monoisotopic (exact) mass is 301 g/mol. The minimum Gasteiger partial charge on any atom is -0.508 e. The quantitative estimate of drug-likeness (QED) is 0.559.